The van der Waals surface area contributed by atoms with Crippen LogP contribution in [0.2, 0.25) is 0 Å². The molecule has 1 fully saturated rings. The van der Waals surface area contributed by atoms with Gasteiger partial charge in [0.15, 0.2) is 0 Å². The van der Waals surface area contributed by atoms with E-state index in [1.165, 1.54) is 0 Å². The van der Waals surface area contributed by atoms with E-state index in [1.54, 1.807) is 0 Å². The first kappa shape index (κ1) is 18.8. The van der Waals surface area contributed by atoms with Gasteiger partial charge in [0, 0.05) is 29.5 Å². The van der Waals surface area contributed by atoms with Gasteiger partial charge in [0.05, 0.1) is 6.61 Å². The smallest absolute Gasteiger partial charge is 0.303 e. The second-order valence-electron chi connectivity index (χ2n) is 6.43. The topological polar surface area (TPSA) is 46.5 Å². The van der Waals surface area contributed by atoms with Crippen molar-refractivity contribution in [2.45, 2.75) is 51.1 Å². The van der Waals surface area contributed by atoms with Crippen molar-refractivity contribution in [1.29, 1.82) is 0 Å². The maximum absolute atomic E-state index is 14.3. The van der Waals surface area contributed by atoms with Crippen LogP contribution in [0.5, 0.6) is 5.75 Å². The summed E-state index contributed by atoms with van der Waals surface area (Å²) in [6.07, 6.45) is 3.92. The van der Waals surface area contributed by atoms with E-state index in [0.717, 1.165) is 36.3 Å². The quantitative estimate of drug-likeness (QED) is 0.484. The Labute approximate surface area is 148 Å². The van der Waals surface area contributed by atoms with Crippen LogP contribution < -0.4 is 4.74 Å². The van der Waals surface area contributed by atoms with Gasteiger partial charge in [0.1, 0.15) is 11.9 Å². The van der Waals surface area contributed by atoms with Gasteiger partial charge >= 0.3 is 5.97 Å². The Balaban J connectivity index is 1.76. The van der Waals surface area contributed by atoms with Gasteiger partial charge in [-0.1, -0.05) is 49.7 Å². The lowest BCUT2D eigenvalue weighted by molar-refractivity contribution is -0.137. The summed E-state index contributed by atoms with van der Waals surface area (Å²) < 4.78 is 20.1. The van der Waals surface area contributed by atoms with Crippen molar-refractivity contribution < 1.29 is 19.0 Å². The van der Waals surface area contributed by atoms with E-state index in [1.807, 2.05) is 30.3 Å². The van der Waals surface area contributed by atoms with Crippen LogP contribution in [-0.4, -0.2) is 28.7 Å². The summed E-state index contributed by atoms with van der Waals surface area (Å²) in [6, 6.07) is 9.53. The van der Waals surface area contributed by atoms with E-state index in [0.29, 0.717) is 19.4 Å². The SMILES string of the molecule is O=C(O)CCCCCC[C@H]1C(F)CC(=S)[C@@H]1COc1ccccc1. The Kier molecular flexibility index (Phi) is 7.63. The molecule has 1 saturated carbocycles. The number of thiocarbonyl (C=S) groups is 1. The van der Waals surface area contributed by atoms with Crippen molar-refractivity contribution in [3.05, 3.63) is 30.3 Å². The van der Waals surface area contributed by atoms with Crippen LogP contribution in [0.1, 0.15) is 44.9 Å². The number of carbonyl (C=O) groups is 1. The minimum absolute atomic E-state index is 0.00535. The molecule has 1 aromatic carbocycles. The van der Waals surface area contributed by atoms with E-state index in [4.69, 9.17) is 22.1 Å². The van der Waals surface area contributed by atoms with Gasteiger partial charge in [-0.25, -0.2) is 4.39 Å². The molecular formula is C19H25FO3S. The first-order chi connectivity index (χ1) is 11.6. The van der Waals surface area contributed by atoms with Crippen molar-refractivity contribution in [2.75, 3.05) is 6.61 Å². The Hall–Kier alpha value is -1.49. The van der Waals surface area contributed by atoms with Crippen LogP contribution in [0.4, 0.5) is 4.39 Å². The third-order valence-electron chi connectivity index (χ3n) is 4.64. The summed E-state index contributed by atoms with van der Waals surface area (Å²) in [4.78, 5) is 11.3. The van der Waals surface area contributed by atoms with Gasteiger partial charge in [-0.3, -0.25) is 4.79 Å². The van der Waals surface area contributed by atoms with Crippen LogP contribution in [0.3, 0.4) is 0 Å². The highest BCUT2D eigenvalue weighted by atomic mass is 32.1. The number of hydrogen-bond acceptors (Lipinski definition) is 3. The Morgan fingerprint density at radius 1 is 1.21 bits per heavy atom. The Morgan fingerprint density at radius 2 is 1.92 bits per heavy atom. The molecule has 0 aromatic heterocycles. The number of unbranched alkanes of at least 4 members (excludes halogenated alkanes) is 3. The van der Waals surface area contributed by atoms with Crippen LogP contribution in [0.15, 0.2) is 30.3 Å². The summed E-state index contributed by atoms with van der Waals surface area (Å²) >= 11 is 5.37. The van der Waals surface area contributed by atoms with Gasteiger partial charge in [-0.05, 0) is 25.0 Å². The molecule has 0 heterocycles. The number of carboxylic acids is 1. The summed E-state index contributed by atoms with van der Waals surface area (Å²) in [5.74, 6) is -0.0389. The second kappa shape index (κ2) is 9.72. The van der Waals surface area contributed by atoms with E-state index >= 15 is 0 Å². The molecule has 1 unspecified atom stereocenters. The third-order valence-corrected chi connectivity index (χ3v) is 5.11. The Bertz CT molecular complexity index is 535. The second-order valence-corrected chi connectivity index (χ2v) is 6.95. The highest BCUT2D eigenvalue weighted by molar-refractivity contribution is 7.80. The summed E-state index contributed by atoms with van der Waals surface area (Å²) in [7, 11) is 0. The molecule has 0 aliphatic heterocycles. The molecule has 2 rings (SSSR count). The lowest BCUT2D eigenvalue weighted by Gasteiger charge is -2.21. The molecule has 132 valence electrons. The first-order valence-electron chi connectivity index (χ1n) is 8.64. The Morgan fingerprint density at radius 3 is 2.62 bits per heavy atom. The number of aliphatic carboxylic acids is 1. The van der Waals surface area contributed by atoms with Crippen molar-refractivity contribution in [2.24, 2.45) is 11.8 Å². The normalized spacial score (nSPS) is 23.4. The zero-order chi connectivity index (χ0) is 17.4. The molecule has 1 aliphatic carbocycles. The molecule has 3 nitrogen and oxygen atoms in total. The summed E-state index contributed by atoms with van der Waals surface area (Å²) in [5.41, 5.74) is 0. The highest BCUT2D eigenvalue weighted by Gasteiger charge is 2.40. The first-order valence-corrected chi connectivity index (χ1v) is 9.05. The molecule has 1 aromatic rings. The zero-order valence-corrected chi connectivity index (χ0v) is 14.6. The van der Waals surface area contributed by atoms with E-state index in [-0.39, 0.29) is 18.3 Å². The van der Waals surface area contributed by atoms with Crippen molar-refractivity contribution in [1.82, 2.24) is 0 Å². The third kappa shape index (κ3) is 5.86. The lowest BCUT2D eigenvalue weighted by Crippen LogP contribution is -2.24. The molecule has 0 spiro atoms. The predicted molar refractivity (Wildman–Crippen MR) is 96.4 cm³/mol. The molecule has 0 saturated heterocycles. The van der Waals surface area contributed by atoms with Crippen LogP contribution in [-0.2, 0) is 4.79 Å². The fraction of sp³-hybridized carbons (Fsp3) is 0.579. The highest BCUT2D eigenvalue weighted by Crippen LogP contribution is 2.36. The molecule has 0 amide bonds. The van der Waals surface area contributed by atoms with Gasteiger partial charge in [0.25, 0.3) is 0 Å². The van der Waals surface area contributed by atoms with Gasteiger partial charge < -0.3 is 9.84 Å². The number of rotatable bonds is 10. The van der Waals surface area contributed by atoms with E-state index in [2.05, 4.69) is 0 Å². The number of hydrogen-bond donors (Lipinski definition) is 1. The fourth-order valence-corrected chi connectivity index (χ4v) is 3.70. The van der Waals surface area contributed by atoms with Gasteiger partial charge in [-0.2, -0.15) is 0 Å². The average Bonchev–Trinajstić information content (AvgIpc) is 2.83. The minimum atomic E-state index is -0.874. The van der Waals surface area contributed by atoms with Crippen LogP contribution in [0.25, 0.3) is 0 Å². The van der Waals surface area contributed by atoms with Gasteiger partial charge in [-0.15, -0.1) is 0 Å². The molecule has 1 aliphatic rings. The maximum atomic E-state index is 14.3. The van der Waals surface area contributed by atoms with E-state index in [9.17, 15) is 9.18 Å². The largest absolute Gasteiger partial charge is 0.493 e. The molecule has 1 N–H and O–H groups in total. The number of alkyl halides is 1. The van der Waals surface area contributed by atoms with Gasteiger partial charge in [0.2, 0.25) is 0 Å². The molecule has 0 radical (unpaired) electrons. The fourth-order valence-electron chi connectivity index (χ4n) is 3.30. The average molecular weight is 352 g/mol. The molecule has 0 bridgehead atoms. The lowest BCUT2D eigenvalue weighted by atomic mass is 9.90. The number of benzene rings is 1. The number of para-hydroxylation sites is 1. The monoisotopic (exact) mass is 352 g/mol. The maximum Gasteiger partial charge on any atom is 0.303 e. The number of halogens is 1. The molecular weight excluding hydrogens is 327 g/mol. The summed E-state index contributed by atoms with van der Waals surface area (Å²) in [5, 5.41) is 8.62. The molecule has 24 heavy (non-hydrogen) atoms. The molecule has 5 heteroatoms. The zero-order valence-electron chi connectivity index (χ0n) is 13.8. The van der Waals surface area contributed by atoms with Crippen LogP contribution in [0, 0.1) is 11.8 Å². The number of carboxylic acid groups (broad SMARTS) is 1. The molecule has 3 atom stereocenters. The van der Waals surface area contributed by atoms with E-state index < -0.39 is 12.1 Å². The standard InChI is InChI=1S/C19H25FO3S/c20-17-12-18(24)16(13-23-14-8-4-3-5-9-14)15(17)10-6-1-2-7-11-19(21)22/h3-5,8-9,15-17H,1-2,6-7,10-13H2,(H,21,22)/t15-,16-,17?/m1/s1. The van der Waals surface area contributed by atoms with Crippen molar-refractivity contribution >= 4 is 23.1 Å². The minimum Gasteiger partial charge on any atom is -0.493 e. The van der Waals surface area contributed by atoms with Crippen molar-refractivity contribution in [3.8, 4) is 5.75 Å². The van der Waals surface area contributed by atoms with Crippen molar-refractivity contribution in [3.63, 3.8) is 0 Å². The van der Waals surface area contributed by atoms with Crippen LogP contribution >= 0.6 is 12.2 Å². The predicted octanol–water partition coefficient (Wildman–Crippen LogP) is 4.83. The number of ether oxygens (including phenoxy) is 1. The summed E-state index contributed by atoms with van der Waals surface area (Å²) in [6.45, 7) is 0.437.